The van der Waals surface area contributed by atoms with Gasteiger partial charge in [-0.25, -0.2) is 0 Å². The van der Waals surface area contributed by atoms with E-state index in [0.29, 0.717) is 5.92 Å². The molecule has 5 nitrogen and oxygen atoms in total. The number of ether oxygens (including phenoxy) is 1. The van der Waals surface area contributed by atoms with Gasteiger partial charge in [-0.1, -0.05) is 0 Å². The maximum atomic E-state index is 11.1. The van der Waals surface area contributed by atoms with E-state index in [1.807, 2.05) is 4.90 Å². The van der Waals surface area contributed by atoms with Gasteiger partial charge in [0.15, 0.2) is 0 Å². The second-order valence-corrected chi connectivity index (χ2v) is 4.76. The van der Waals surface area contributed by atoms with Gasteiger partial charge in [0.05, 0.1) is 13.1 Å². The first kappa shape index (κ1) is 11.5. The highest BCUT2D eigenvalue weighted by molar-refractivity contribution is 5.90. The van der Waals surface area contributed by atoms with Crippen LogP contribution in [0, 0.1) is 5.92 Å². The molecule has 0 aromatic heterocycles. The number of rotatable bonds is 2. The Hall–Kier alpha value is -0.940. The second-order valence-electron chi connectivity index (χ2n) is 4.76. The van der Waals surface area contributed by atoms with Crippen molar-refractivity contribution in [3.8, 4) is 0 Å². The van der Waals surface area contributed by atoms with Crippen LogP contribution in [0.1, 0.15) is 12.8 Å². The van der Waals surface area contributed by atoms with E-state index in [9.17, 15) is 9.59 Å². The van der Waals surface area contributed by atoms with Crippen molar-refractivity contribution in [3.05, 3.63) is 0 Å². The molecule has 2 fully saturated rings. The Morgan fingerprint density at radius 1 is 1.19 bits per heavy atom. The highest BCUT2D eigenvalue weighted by Gasteiger charge is 2.27. The fraction of sp³-hybridized carbons (Fsp3) is 0.818. The summed E-state index contributed by atoms with van der Waals surface area (Å²) in [5.41, 5.74) is 0. The van der Waals surface area contributed by atoms with E-state index in [2.05, 4.69) is 16.7 Å². The van der Waals surface area contributed by atoms with Crippen molar-refractivity contribution in [2.45, 2.75) is 12.8 Å². The smallest absolute Gasteiger partial charge is 0.327 e. The molecular formula is C11H18N2O3. The van der Waals surface area contributed by atoms with Crippen molar-refractivity contribution in [3.63, 3.8) is 0 Å². The molecule has 5 heteroatoms. The van der Waals surface area contributed by atoms with Crippen molar-refractivity contribution in [2.75, 3.05) is 39.8 Å². The SMILES string of the molecule is CN1CCC(CN2CC(=O)OC(=O)C2)CC1. The molecule has 2 aliphatic rings. The average Bonchev–Trinajstić information content (AvgIpc) is 2.20. The van der Waals surface area contributed by atoms with Crippen LogP contribution in [0.15, 0.2) is 0 Å². The van der Waals surface area contributed by atoms with Crippen LogP contribution in [0.4, 0.5) is 0 Å². The Labute approximate surface area is 95.3 Å². The zero-order chi connectivity index (χ0) is 11.5. The van der Waals surface area contributed by atoms with Crippen LogP contribution in [0.3, 0.4) is 0 Å². The molecular weight excluding hydrogens is 208 g/mol. The monoisotopic (exact) mass is 226 g/mol. The standard InChI is InChI=1S/C11H18N2O3/c1-12-4-2-9(3-5-12)6-13-7-10(14)16-11(15)8-13/h9H,2-8H2,1H3. The molecule has 0 aromatic rings. The molecule has 0 amide bonds. The van der Waals surface area contributed by atoms with E-state index in [1.165, 1.54) is 0 Å². The minimum absolute atomic E-state index is 0.262. The number of cyclic esters (lactones) is 2. The zero-order valence-corrected chi connectivity index (χ0v) is 9.65. The van der Waals surface area contributed by atoms with E-state index < -0.39 is 11.9 Å². The number of likely N-dealkylation sites (tertiary alicyclic amines) is 1. The van der Waals surface area contributed by atoms with Crippen LogP contribution in [0.2, 0.25) is 0 Å². The van der Waals surface area contributed by atoms with Gasteiger partial charge in [-0.15, -0.1) is 0 Å². The number of hydrogen-bond acceptors (Lipinski definition) is 5. The quantitative estimate of drug-likeness (QED) is 0.478. The topological polar surface area (TPSA) is 49.9 Å². The summed E-state index contributed by atoms with van der Waals surface area (Å²) < 4.78 is 4.49. The second kappa shape index (κ2) is 4.93. The summed E-state index contributed by atoms with van der Waals surface area (Å²) in [6, 6.07) is 0. The van der Waals surface area contributed by atoms with Crippen molar-refractivity contribution in [2.24, 2.45) is 5.92 Å². The third kappa shape index (κ3) is 3.02. The van der Waals surface area contributed by atoms with E-state index in [0.717, 1.165) is 32.5 Å². The first-order valence-corrected chi connectivity index (χ1v) is 5.78. The summed E-state index contributed by atoms with van der Waals surface area (Å²) in [7, 11) is 2.12. The number of hydrogen-bond donors (Lipinski definition) is 0. The molecule has 2 heterocycles. The average molecular weight is 226 g/mol. The van der Waals surface area contributed by atoms with Gasteiger partial charge in [0, 0.05) is 6.54 Å². The predicted octanol–water partition coefficient (Wildman–Crippen LogP) is -0.286. The molecule has 0 atom stereocenters. The summed E-state index contributed by atoms with van der Waals surface area (Å²) in [4.78, 5) is 26.4. The number of carbonyl (C=O) groups is 2. The summed E-state index contributed by atoms with van der Waals surface area (Å²) in [6.07, 6.45) is 2.30. The van der Waals surface area contributed by atoms with Crippen LogP contribution in [0.5, 0.6) is 0 Å². The highest BCUT2D eigenvalue weighted by atomic mass is 16.6. The third-order valence-corrected chi connectivity index (χ3v) is 3.29. The normalized spacial score (nSPS) is 25.8. The molecule has 0 saturated carbocycles. The molecule has 0 aliphatic carbocycles. The Bertz CT molecular complexity index is 269. The Morgan fingerprint density at radius 3 is 2.31 bits per heavy atom. The summed E-state index contributed by atoms with van der Waals surface area (Å²) in [6.45, 7) is 3.58. The first-order chi connectivity index (χ1) is 7.63. The molecule has 2 rings (SSSR count). The summed E-state index contributed by atoms with van der Waals surface area (Å²) in [5.74, 6) is -0.219. The largest absolute Gasteiger partial charge is 0.391 e. The first-order valence-electron chi connectivity index (χ1n) is 5.78. The molecule has 0 N–H and O–H groups in total. The Morgan fingerprint density at radius 2 is 1.75 bits per heavy atom. The molecule has 0 aromatic carbocycles. The van der Waals surface area contributed by atoms with E-state index >= 15 is 0 Å². The number of nitrogens with zero attached hydrogens (tertiary/aromatic N) is 2. The molecule has 0 spiro atoms. The van der Waals surface area contributed by atoms with Crippen molar-refractivity contribution in [1.29, 1.82) is 0 Å². The molecule has 16 heavy (non-hydrogen) atoms. The summed E-state index contributed by atoms with van der Waals surface area (Å²) in [5, 5.41) is 0. The number of esters is 2. The van der Waals surface area contributed by atoms with Crippen molar-refractivity contribution >= 4 is 11.9 Å². The minimum atomic E-state index is -0.413. The van der Waals surface area contributed by atoms with Gasteiger partial charge in [-0.05, 0) is 38.9 Å². The van der Waals surface area contributed by atoms with Crippen LogP contribution in [-0.4, -0.2) is 61.5 Å². The van der Waals surface area contributed by atoms with Crippen LogP contribution >= 0.6 is 0 Å². The van der Waals surface area contributed by atoms with Gasteiger partial charge >= 0.3 is 11.9 Å². The van der Waals surface area contributed by atoms with E-state index in [4.69, 9.17) is 0 Å². The van der Waals surface area contributed by atoms with Gasteiger partial charge in [-0.2, -0.15) is 0 Å². The lowest BCUT2D eigenvalue weighted by Gasteiger charge is -2.33. The Kier molecular flexibility index (Phi) is 3.56. The molecule has 90 valence electrons. The van der Waals surface area contributed by atoms with E-state index in [-0.39, 0.29) is 13.1 Å². The zero-order valence-electron chi connectivity index (χ0n) is 9.65. The predicted molar refractivity (Wildman–Crippen MR) is 57.8 cm³/mol. The highest BCUT2D eigenvalue weighted by Crippen LogP contribution is 2.17. The fourth-order valence-corrected chi connectivity index (χ4v) is 2.35. The summed E-state index contributed by atoms with van der Waals surface area (Å²) >= 11 is 0. The maximum absolute atomic E-state index is 11.1. The lowest BCUT2D eigenvalue weighted by Crippen LogP contribution is -2.46. The van der Waals surface area contributed by atoms with Gasteiger partial charge in [0.25, 0.3) is 0 Å². The van der Waals surface area contributed by atoms with Gasteiger partial charge < -0.3 is 9.64 Å². The number of piperidine rings is 1. The number of carbonyl (C=O) groups excluding carboxylic acids is 2. The van der Waals surface area contributed by atoms with Gasteiger partial charge in [0.2, 0.25) is 0 Å². The minimum Gasteiger partial charge on any atom is -0.391 e. The van der Waals surface area contributed by atoms with Crippen molar-refractivity contribution in [1.82, 2.24) is 9.80 Å². The lowest BCUT2D eigenvalue weighted by molar-refractivity contribution is -0.167. The molecule has 0 radical (unpaired) electrons. The maximum Gasteiger partial charge on any atom is 0.327 e. The van der Waals surface area contributed by atoms with Crippen LogP contribution in [-0.2, 0) is 14.3 Å². The van der Waals surface area contributed by atoms with Crippen molar-refractivity contribution < 1.29 is 14.3 Å². The van der Waals surface area contributed by atoms with Gasteiger partial charge in [0.1, 0.15) is 0 Å². The van der Waals surface area contributed by atoms with Crippen LogP contribution in [0.25, 0.3) is 0 Å². The lowest BCUT2D eigenvalue weighted by atomic mass is 9.96. The van der Waals surface area contributed by atoms with E-state index in [1.54, 1.807) is 0 Å². The molecule has 0 unspecified atom stereocenters. The van der Waals surface area contributed by atoms with Crippen LogP contribution < -0.4 is 0 Å². The Balaban J connectivity index is 1.80. The molecule has 2 aliphatic heterocycles. The third-order valence-electron chi connectivity index (χ3n) is 3.29. The number of morpholine rings is 1. The molecule has 2 saturated heterocycles. The molecule has 0 bridgehead atoms. The fourth-order valence-electron chi connectivity index (χ4n) is 2.35. The van der Waals surface area contributed by atoms with Gasteiger partial charge in [-0.3, -0.25) is 14.5 Å².